The Morgan fingerprint density at radius 3 is 2.23 bits per heavy atom. The third kappa shape index (κ3) is 7.74. The molecule has 1 aromatic carbocycles. The van der Waals surface area contributed by atoms with Gasteiger partial charge in [-0.2, -0.15) is 0 Å². The van der Waals surface area contributed by atoms with E-state index in [1.807, 2.05) is 0 Å². The zero-order valence-corrected chi connectivity index (χ0v) is 20.1. The molecule has 1 aromatic heterocycles. The first-order valence-electron chi connectivity index (χ1n) is 13.2. The van der Waals surface area contributed by atoms with Crippen LogP contribution in [-0.4, -0.2) is 9.97 Å². The molecule has 0 spiro atoms. The van der Waals surface area contributed by atoms with Crippen molar-refractivity contribution in [2.24, 2.45) is 11.8 Å². The number of aromatic nitrogens is 2. The second-order valence-corrected chi connectivity index (χ2v) is 9.79. The monoisotopic (exact) mass is 420 g/mol. The highest BCUT2D eigenvalue weighted by Crippen LogP contribution is 2.35. The fraction of sp³-hybridized carbons (Fsp3) is 0.655. The van der Waals surface area contributed by atoms with Gasteiger partial charge in [0, 0.05) is 11.8 Å². The molecule has 0 unspecified atom stereocenters. The number of unbranched alkanes of at least 4 members (excludes halogenated alkanes) is 5. The first kappa shape index (κ1) is 24.0. The third-order valence-corrected chi connectivity index (χ3v) is 7.36. The minimum Gasteiger partial charge on any atom is -0.244 e. The van der Waals surface area contributed by atoms with Gasteiger partial charge < -0.3 is 0 Å². The Balaban J connectivity index is 1.58. The largest absolute Gasteiger partial charge is 0.244 e. The average Bonchev–Trinajstić information content (AvgIpc) is 2.82. The summed E-state index contributed by atoms with van der Waals surface area (Å²) in [4.78, 5) is 9.16. The van der Waals surface area contributed by atoms with E-state index >= 15 is 0 Å². The molecule has 2 aromatic rings. The van der Waals surface area contributed by atoms with Crippen molar-refractivity contribution in [1.29, 1.82) is 0 Å². The molecule has 1 fully saturated rings. The highest BCUT2D eigenvalue weighted by molar-refractivity contribution is 5.66. The van der Waals surface area contributed by atoms with Crippen LogP contribution in [0.15, 0.2) is 36.8 Å². The molecule has 0 atom stereocenters. The molecule has 0 amide bonds. The van der Waals surface area contributed by atoms with Crippen molar-refractivity contribution >= 4 is 0 Å². The Bertz CT molecular complexity index is 746. The number of nitrogens with zero attached hydrogens (tertiary/aromatic N) is 2. The molecule has 1 aliphatic rings. The fourth-order valence-corrected chi connectivity index (χ4v) is 5.33. The molecule has 0 radical (unpaired) electrons. The van der Waals surface area contributed by atoms with Crippen molar-refractivity contribution in [3.63, 3.8) is 0 Å². The van der Waals surface area contributed by atoms with Gasteiger partial charge in [0.05, 0.1) is 5.69 Å². The van der Waals surface area contributed by atoms with Gasteiger partial charge in [-0.15, -0.1) is 0 Å². The van der Waals surface area contributed by atoms with Crippen LogP contribution in [0.1, 0.15) is 108 Å². The number of aryl methyl sites for hydroxylation is 2. The minimum atomic E-state index is 0.889. The molecule has 2 heteroatoms. The fourth-order valence-electron chi connectivity index (χ4n) is 5.33. The van der Waals surface area contributed by atoms with Crippen molar-refractivity contribution in [2.45, 2.75) is 110 Å². The Morgan fingerprint density at radius 2 is 1.45 bits per heavy atom. The maximum atomic E-state index is 4.77. The highest BCUT2D eigenvalue weighted by Gasteiger charge is 2.21. The lowest BCUT2D eigenvalue weighted by molar-refractivity contribution is 0.250. The summed E-state index contributed by atoms with van der Waals surface area (Å²) >= 11 is 0. The molecule has 3 rings (SSSR count). The van der Waals surface area contributed by atoms with Crippen LogP contribution in [-0.2, 0) is 12.8 Å². The van der Waals surface area contributed by atoms with Crippen LogP contribution in [0.5, 0.6) is 0 Å². The molecule has 0 bridgehead atoms. The summed E-state index contributed by atoms with van der Waals surface area (Å²) in [7, 11) is 0. The van der Waals surface area contributed by atoms with E-state index in [1.165, 1.54) is 106 Å². The molecule has 170 valence electrons. The van der Waals surface area contributed by atoms with E-state index in [-0.39, 0.29) is 0 Å². The summed E-state index contributed by atoms with van der Waals surface area (Å²) in [5, 5.41) is 0. The SMILES string of the molecule is CCCCCCCc1ccccc1-c1ncncc1CCC1CCC(CCCC)CC1. The van der Waals surface area contributed by atoms with Gasteiger partial charge in [-0.3, -0.25) is 0 Å². The van der Waals surface area contributed by atoms with Crippen LogP contribution in [0.2, 0.25) is 0 Å². The van der Waals surface area contributed by atoms with E-state index in [2.05, 4.69) is 49.3 Å². The first-order chi connectivity index (χ1) is 15.3. The summed E-state index contributed by atoms with van der Waals surface area (Å²) in [6.07, 6.45) is 24.0. The van der Waals surface area contributed by atoms with E-state index in [0.29, 0.717) is 0 Å². The average molecular weight is 421 g/mol. The standard InChI is InChI=1S/C29H44N2/c1-3-5-7-8-9-13-26-14-10-11-15-28(26)29-27(22-30-23-31-29)21-20-25-18-16-24(17-19-25)12-6-4-2/h10-11,14-15,22-25H,3-9,12-13,16-21H2,1-2H3. The van der Waals surface area contributed by atoms with Gasteiger partial charge in [0.15, 0.2) is 0 Å². The van der Waals surface area contributed by atoms with E-state index in [0.717, 1.165) is 24.7 Å². The second kappa shape index (κ2) is 13.7. The number of hydrogen-bond acceptors (Lipinski definition) is 2. The molecule has 2 nitrogen and oxygen atoms in total. The van der Waals surface area contributed by atoms with Crippen molar-refractivity contribution < 1.29 is 0 Å². The van der Waals surface area contributed by atoms with E-state index < -0.39 is 0 Å². The lowest BCUT2D eigenvalue weighted by Gasteiger charge is -2.28. The predicted octanol–water partition coefficient (Wildman–Crippen LogP) is 8.59. The van der Waals surface area contributed by atoms with Gasteiger partial charge >= 0.3 is 0 Å². The van der Waals surface area contributed by atoms with Gasteiger partial charge in [-0.25, -0.2) is 9.97 Å². The minimum absolute atomic E-state index is 0.889. The topological polar surface area (TPSA) is 25.8 Å². The van der Waals surface area contributed by atoms with Crippen molar-refractivity contribution in [3.8, 4) is 11.3 Å². The smallest absolute Gasteiger partial charge is 0.116 e. The van der Waals surface area contributed by atoms with Crippen LogP contribution in [0.3, 0.4) is 0 Å². The van der Waals surface area contributed by atoms with Gasteiger partial charge in [0.1, 0.15) is 6.33 Å². The zero-order valence-electron chi connectivity index (χ0n) is 20.1. The van der Waals surface area contributed by atoms with Crippen LogP contribution < -0.4 is 0 Å². The van der Waals surface area contributed by atoms with Gasteiger partial charge in [-0.05, 0) is 48.6 Å². The van der Waals surface area contributed by atoms with Crippen molar-refractivity contribution in [1.82, 2.24) is 9.97 Å². The summed E-state index contributed by atoms with van der Waals surface area (Å²) in [6, 6.07) is 8.92. The molecule has 0 aliphatic heterocycles. The normalized spacial score (nSPS) is 18.9. The molecule has 1 saturated carbocycles. The molecule has 31 heavy (non-hydrogen) atoms. The van der Waals surface area contributed by atoms with E-state index in [1.54, 1.807) is 6.33 Å². The van der Waals surface area contributed by atoms with Crippen molar-refractivity contribution in [3.05, 3.63) is 47.9 Å². The van der Waals surface area contributed by atoms with Crippen LogP contribution in [0.25, 0.3) is 11.3 Å². The maximum absolute atomic E-state index is 4.77. The van der Waals surface area contributed by atoms with Crippen LogP contribution in [0, 0.1) is 11.8 Å². The molecule has 0 N–H and O–H groups in total. The molecule has 1 aliphatic carbocycles. The zero-order chi connectivity index (χ0) is 21.7. The molecule has 0 saturated heterocycles. The molecule has 1 heterocycles. The van der Waals surface area contributed by atoms with Crippen molar-refractivity contribution in [2.75, 3.05) is 0 Å². The Hall–Kier alpha value is -1.70. The van der Waals surface area contributed by atoms with Gasteiger partial charge in [0.25, 0.3) is 0 Å². The van der Waals surface area contributed by atoms with Crippen LogP contribution >= 0.6 is 0 Å². The van der Waals surface area contributed by atoms with Crippen LogP contribution in [0.4, 0.5) is 0 Å². The van der Waals surface area contributed by atoms with E-state index in [4.69, 9.17) is 4.98 Å². The van der Waals surface area contributed by atoms with E-state index in [9.17, 15) is 0 Å². The summed E-state index contributed by atoms with van der Waals surface area (Å²) in [5.74, 6) is 1.88. The van der Waals surface area contributed by atoms with Gasteiger partial charge in [0.2, 0.25) is 0 Å². The lowest BCUT2D eigenvalue weighted by Crippen LogP contribution is -2.15. The molecular weight excluding hydrogens is 376 g/mol. The second-order valence-electron chi connectivity index (χ2n) is 9.79. The Labute approximate surface area is 191 Å². The quantitative estimate of drug-likeness (QED) is 0.303. The first-order valence-corrected chi connectivity index (χ1v) is 13.2. The highest BCUT2D eigenvalue weighted by atomic mass is 14.8. The molecular formula is C29H44N2. The van der Waals surface area contributed by atoms with Gasteiger partial charge in [-0.1, -0.05) is 109 Å². The summed E-state index contributed by atoms with van der Waals surface area (Å²) < 4.78 is 0. The Morgan fingerprint density at radius 1 is 0.742 bits per heavy atom. The number of rotatable bonds is 13. The summed E-state index contributed by atoms with van der Waals surface area (Å²) in [6.45, 7) is 4.60. The Kier molecular flexibility index (Phi) is 10.6. The number of hydrogen-bond donors (Lipinski definition) is 0. The maximum Gasteiger partial charge on any atom is 0.116 e. The summed E-state index contributed by atoms with van der Waals surface area (Å²) in [5.41, 5.74) is 5.30. The third-order valence-electron chi connectivity index (χ3n) is 7.36. The lowest BCUT2D eigenvalue weighted by atomic mass is 9.77. The predicted molar refractivity (Wildman–Crippen MR) is 133 cm³/mol. The number of benzene rings is 1.